The van der Waals surface area contributed by atoms with Gasteiger partial charge in [0.2, 0.25) is 0 Å². The zero-order valence-electron chi connectivity index (χ0n) is 19.1. The number of alkyl halides is 3. The Labute approximate surface area is 199 Å². The van der Waals surface area contributed by atoms with E-state index in [1.165, 1.54) is 0 Å². The van der Waals surface area contributed by atoms with Crippen LogP contribution in [-0.2, 0) is 16.1 Å². The minimum atomic E-state index is -5.08. The third-order valence-corrected chi connectivity index (χ3v) is 5.81. The van der Waals surface area contributed by atoms with E-state index in [2.05, 4.69) is 11.4 Å². The van der Waals surface area contributed by atoms with Crippen molar-refractivity contribution in [3.63, 3.8) is 0 Å². The van der Waals surface area contributed by atoms with Crippen LogP contribution < -0.4 is 10.1 Å². The second-order valence-corrected chi connectivity index (χ2v) is 8.09. The molecule has 1 amide bonds. The number of nitrogens with one attached hydrogen (secondary N) is 1. The Morgan fingerprint density at radius 2 is 1.97 bits per heavy atom. The van der Waals surface area contributed by atoms with E-state index in [0.29, 0.717) is 30.0 Å². The van der Waals surface area contributed by atoms with Crippen molar-refractivity contribution in [1.82, 2.24) is 10.2 Å². The number of carboxylic acids is 1. The van der Waals surface area contributed by atoms with Gasteiger partial charge < -0.3 is 24.8 Å². The SMILES string of the molecule is COC[C@@H]1C[C@@H](N2Cc3cc(OC)c(-c4cccc(C#N)c4)cc3C2=O)CN1.O=C(O)C(F)(F)F. The maximum Gasteiger partial charge on any atom is 0.490 e. The summed E-state index contributed by atoms with van der Waals surface area (Å²) in [6.07, 6.45) is -4.19. The zero-order chi connectivity index (χ0) is 25.8. The van der Waals surface area contributed by atoms with Crippen molar-refractivity contribution in [3.8, 4) is 22.9 Å². The largest absolute Gasteiger partial charge is 0.496 e. The van der Waals surface area contributed by atoms with Crippen molar-refractivity contribution in [2.75, 3.05) is 27.4 Å². The number of fused-ring (bicyclic) bond motifs is 1. The molecule has 8 nitrogen and oxygen atoms in total. The molecule has 0 saturated carbocycles. The van der Waals surface area contributed by atoms with Crippen LogP contribution in [0.2, 0.25) is 0 Å². The number of aliphatic carboxylic acids is 1. The molecule has 35 heavy (non-hydrogen) atoms. The summed E-state index contributed by atoms with van der Waals surface area (Å²) in [7, 11) is 3.32. The van der Waals surface area contributed by atoms with Gasteiger partial charge in [-0.3, -0.25) is 4.79 Å². The highest BCUT2D eigenvalue weighted by Crippen LogP contribution is 2.37. The minimum absolute atomic E-state index is 0.0557. The molecule has 186 valence electrons. The molecular formula is C24H24F3N3O5. The number of halogens is 3. The fraction of sp³-hybridized carbons (Fsp3) is 0.375. The summed E-state index contributed by atoms with van der Waals surface area (Å²) in [6.45, 7) is 2.02. The monoisotopic (exact) mass is 491 g/mol. The number of benzene rings is 2. The van der Waals surface area contributed by atoms with E-state index in [0.717, 1.165) is 29.7 Å². The molecule has 2 aromatic carbocycles. The first-order chi connectivity index (χ1) is 16.6. The van der Waals surface area contributed by atoms with E-state index in [1.54, 1.807) is 20.3 Å². The Kier molecular flexibility index (Phi) is 7.99. The van der Waals surface area contributed by atoms with Gasteiger partial charge in [-0.15, -0.1) is 0 Å². The summed E-state index contributed by atoms with van der Waals surface area (Å²) >= 11 is 0. The van der Waals surface area contributed by atoms with Crippen molar-refractivity contribution in [3.05, 3.63) is 53.1 Å². The minimum Gasteiger partial charge on any atom is -0.496 e. The van der Waals surface area contributed by atoms with Crippen LogP contribution in [0.15, 0.2) is 36.4 Å². The van der Waals surface area contributed by atoms with Gasteiger partial charge in [-0.1, -0.05) is 12.1 Å². The lowest BCUT2D eigenvalue weighted by Gasteiger charge is -2.23. The number of hydrogen-bond acceptors (Lipinski definition) is 6. The molecule has 2 N–H and O–H groups in total. The topological polar surface area (TPSA) is 112 Å². The quantitative estimate of drug-likeness (QED) is 0.661. The van der Waals surface area contributed by atoms with Crippen LogP contribution >= 0.6 is 0 Å². The highest BCUT2D eigenvalue weighted by Gasteiger charge is 2.38. The van der Waals surface area contributed by atoms with Gasteiger partial charge in [0.05, 0.1) is 25.3 Å². The molecule has 1 saturated heterocycles. The zero-order valence-corrected chi connectivity index (χ0v) is 19.1. The van der Waals surface area contributed by atoms with E-state index in [-0.39, 0.29) is 18.0 Å². The van der Waals surface area contributed by atoms with Gasteiger partial charge in [-0.2, -0.15) is 18.4 Å². The van der Waals surface area contributed by atoms with Gasteiger partial charge in [0.1, 0.15) is 5.75 Å². The molecule has 0 unspecified atom stereocenters. The number of nitrogens with zero attached hydrogens (tertiary/aromatic N) is 2. The third-order valence-electron chi connectivity index (χ3n) is 5.81. The summed E-state index contributed by atoms with van der Waals surface area (Å²) in [4.78, 5) is 24.0. The van der Waals surface area contributed by atoms with Crippen molar-refractivity contribution >= 4 is 11.9 Å². The van der Waals surface area contributed by atoms with Crippen LogP contribution in [-0.4, -0.2) is 67.5 Å². The number of amides is 1. The van der Waals surface area contributed by atoms with E-state index >= 15 is 0 Å². The molecule has 0 spiro atoms. The van der Waals surface area contributed by atoms with Gasteiger partial charge in [-0.05, 0) is 41.8 Å². The molecule has 11 heteroatoms. The van der Waals surface area contributed by atoms with Gasteiger partial charge in [0.25, 0.3) is 5.91 Å². The molecule has 4 rings (SSSR count). The number of nitriles is 1. The van der Waals surface area contributed by atoms with Crippen LogP contribution in [0.3, 0.4) is 0 Å². The molecule has 0 radical (unpaired) electrons. The van der Waals surface area contributed by atoms with E-state index in [4.69, 9.17) is 19.4 Å². The second-order valence-electron chi connectivity index (χ2n) is 8.09. The van der Waals surface area contributed by atoms with Crippen molar-refractivity contribution in [2.24, 2.45) is 0 Å². The van der Waals surface area contributed by atoms with Crippen molar-refractivity contribution in [2.45, 2.75) is 31.2 Å². The summed E-state index contributed by atoms with van der Waals surface area (Å²) < 4.78 is 42.6. The smallest absolute Gasteiger partial charge is 0.490 e. The second kappa shape index (κ2) is 10.8. The average Bonchev–Trinajstić information content (AvgIpc) is 3.42. The molecule has 0 aliphatic carbocycles. The fourth-order valence-corrected chi connectivity index (χ4v) is 4.17. The lowest BCUT2D eigenvalue weighted by atomic mass is 9.98. The fourth-order valence-electron chi connectivity index (χ4n) is 4.17. The number of carboxylic acid groups (broad SMARTS) is 1. The van der Waals surface area contributed by atoms with Crippen LogP contribution in [0.5, 0.6) is 5.75 Å². The first-order valence-corrected chi connectivity index (χ1v) is 10.6. The lowest BCUT2D eigenvalue weighted by Crippen LogP contribution is -2.36. The third kappa shape index (κ3) is 5.90. The Balaban J connectivity index is 0.000000429. The molecular weight excluding hydrogens is 467 g/mol. The van der Waals surface area contributed by atoms with E-state index in [1.807, 2.05) is 35.2 Å². The first-order valence-electron chi connectivity index (χ1n) is 10.6. The van der Waals surface area contributed by atoms with Gasteiger partial charge in [-0.25, -0.2) is 4.79 Å². The molecule has 2 aliphatic rings. The normalized spacial score (nSPS) is 19.0. The summed E-state index contributed by atoms with van der Waals surface area (Å²) in [6, 6.07) is 13.8. The maximum absolute atomic E-state index is 13.1. The molecule has 2 aromatic rings. The number of carbonyl (C=O) groups excluding carboxylic acids is 1. The van der Waals surface area contributed by atoms with Crippen LogP contribution in [0.25, 0.3) is 11.1 Å². The highest BCUT2D eigenvalue weighted by atomic mass is 19.4. The molecule has 2 heterocycles. The molecule has 0 aromatic heterocycles. The number of ether oxygens (including phenoxy) is 2. The maximum atomic E-state index is 13.1. The van der Waals surface area contributed by atoms with Gasteiger partial charge in [0.15, 0.2) is 0 Å². The molecule has 2 aliphatic heterocycles. The number of hydrogen-bond donors (Lipinski definition) is 2. The van der Waals surface area contributed by atoms with Gasteiger partial charge >= 0.3 is 12.1 Å². The Morgan fingerprint density at radius 3 is 2.57 bits per heavy atom. The van der Waals surface area contributed by atoms with Crippen LogP contribution in [0.1, 0.15) is 27.9 Å². The van der Waals surface area contributed by atoms with Crippen LogP contribution in [0.4, 0.5) is 13.2 Å². The molecule has 2 atom stereocenters. The Hall–Kier alpha value is -3.62. The number of rotatable bonds is 5. The molecule has 1 fully saturated rings. The average molecular weight is 491 g/mol. The summed E-state index contributed by atoms with van der Waals surface area (Å²) in [5, 5.41) is 19.7. The van der Waals surface area contributed by atoms with Crippen LogP contribution in [0, 0.1) is 11.3 Å². The Bertz CT molecular complexity index is 1150. The molecule has 0 bridgehead atoms. The predicted octanol–water partition coefficient (Wildman–Crippen LogP) is 3.20. The predicted molar refractivity (Wildman–Crippen MR) is 119 cm³/mol. The summed E-state index contributed by atoms with van der Waals surface area (Å²) in [5.41, 5.74) is 3.97. The first kappa shape index (κ1) is 26.0. The van der Waals surface area contributed by atoms with Crippen molar-refractivity contribution in [1.29, 1.82) is 5.26 Å². The van der Waals surface area contributed by atoms with Gasteiger partial charge in [0, 0.05) is 43.4 Å². The number of methoxy groups -OCH3 is 2. The standard InChI is InChI=1S/C22H23N3O3.C2HF3O2/c1-27-13-17-8-18(11-24-17)25-12-16-7-21(28-2)19(9-20(16)22(25)26)15-5-3-4-14(6-15)10-23;3-2(4,5)1(6)7/h3-7,9,17-18,24H,8,11-13H2,1-2H3;(H,6,7)/t17-,18+;/m0./s1. The lowest BCUT2D eigenvalue weighted by molar-refractivity contribution is -0.192. The number of carbonyl (C=O) groups is 2. The summed E-state index contributed by atoms with van der Waals surface area (Å²) in [5.74, 6) is -1.99. The van der Waals surface area contributed by atoms with E-state index < -0.39 is 12.1 Å². The van der Waals surface area contributed by atoms with Crippen molar-refractivity contribution < 1.29 is 37.3 Å². The highest BCUT2D eigenvalue weighted by molar-refractivity contribution is 6.00. The van der Waals surface area contributed by atoms with E-state index in [9.17, 15) is 23.2 Å². The Morgan fingerprint density at radius 1 is 1.26 bits per heavy atom.